The highest BCUT2D eigenvalue weighted by molar-refractivity contribution is 5.68. The predicted molar refractivity (Wildman–Crippen MR) is 127 cm³/mol. The molecule has 0 bridgehead atoms. The van der Waals surface area contributed by atoms with Crippen LogP contribution in [0.15, 0.2) is 24.4 Å². The summed E-state index contributed by atoms with van der Waals surface area (Å²) in [6.45, 7) is 8.63. The molecule has 0 unspecified atom stereocenters. The van der Waals surface area contributed by atoms with Crippen LogP contribution >= 0.6 is 0 Å². The first kappa shape index (κ1) is 23.5. The molecule has 0 spiro atoms. The van der Waals surface area contributed by atoms with Crippen molar-refractivity contribution in [1.29, 1.82) is 5.26 Å². The number of hydrogen-bond acceptors (Lipinski definition) is 9. The van der Waals surface area contributed by atoms with Crippen molar-refractivity contribution in [3.63, 3.8) is 0 Å². The second kappa shape index (κ2) is 8.61. The van der Waals surface area contributed by atoms with Crippen molar-refractivity contribution < 1.29 is 4.39 Å². The molecule has 2 N–H and O–H groups in total. The number of nitrogens with zero attached hydrogens (tertiary/aromatic N) is 8. The van der Waals surface area contributed by atoms with E-state index in [9.17, 15) is 9.65 Å². The molecule has 10 nitrogen and oxygen atoms in total. The number of nitriles is 1. The monoisotopic (exact) mass is 464 g/mol. The zero-order valence-electron chi connectivity index (χ0n) is 20.3. The first-order valence-corrected chi connectivity index (χ1v) is 11.1. The summed E-state index contributed by atoms with van der Waals surface area (Å²) in [6.07, 6.45) is 2.86. The van der Waals surface area contributed by atoms with Crippen molar-refractivity contribution in [3.8, 4) is 17.5 Å². The van der Waals surface area contributed by atoms with E-state index in [4.69, 9.17) is 0 Å². The van der Waals surface area contributed by atoms with Crippen molar-refractivity contribution in [2.24, 2.45) is 7.05 Å². The van der Waals surface area contributed by atoms with Gasteiger partial charge in [-0.15, -0.1) is 5.10 Å². The number of anilines is 3. The molecule has 34 heavy (non-hydrogen) atoms. The van der Waals surface area contributed by atoms with Crippen LogP contribution in [-0.2, 0) is 7.05 Å². The van der Waals surface area contributed by atoms with Crippen LogP contribution in [0.5, 0.6) is 0 Å². The zero-order chi connectivity index (χ0) is 24.7. The average molecular weight is 465 g/mol. The van der Waals surface area contributed by atoms with Gasteiger partial charge in [0.1, 0.15) is 0 Å². The lowest BCUT2D eigenvalue weighted by Gasteiger charge is -2.49. The zero-order valence-corrected chi connectivity index (χ0v) is 20.3. The van der Waals surface area contributed by atoms with Crippen LogP contribution in [0.1, 0.15) is 46.1 Å². The van der Waals surface area contributed by atoms with Gasteiger partial charge in [0.2, 0.25) is 5.95 Å². The minimum Gasteiger partial charge on any atom is -0.354 e. The summed E-state index contributed by atoms with van der Waals surface area (Å²) in [5.41, 5.74) is 1.47. The maximum Gasteiger partial charge on any atom is 0.229 e. The second-order valence-electron chi connectivity index (χ2n) is 10.1. The van der Waals surface area contributed by atoms with Crippen LogP contribution in [0.25, 0.3) is 11.4 Å². The van der Waals surface area contributed by atoms with Crippen molar-refractivity contribution in [3.05, 3.63) is 35.8 Å². The Labute approximate surface area is 198 Å². The molecule has 1 aliphatic heterocycles. The average Bonchev–Trinajstić information content (AvgIpc) is 3.18. The van der Waals surface area contributed by atoms with Crippen LogP contribution in [0.4, 0.5) is 21.8 Å². The molecular weight excluding hydrogens is 435 g/mol. The summed E-state index contributed by atoms with van der Waals surface area (Å²) >= 11 is 0. The van der Waals surface area contributed by atoms with Crippen molar-refractivity contribution in [1.82, 2.24) is 35.5 Å². The molecule has 1 saturated heterocycles. The highest BCUT2D eigenvalue weighted by atomic mass is 19.1. The predicted octanol–water partition coefficient (Wildman–Crippen LogP) is 3.17. The van der Waals surface area contributed by atoms with Gasteiger partial charge in [-0.25, -0.2) is 14.1 Å². The van der Waals surface area contributed by atoms with E-state index in [0.29, 0.717) is 22.6 Å². The number of tetrazole rings is 1. The van der Waals surface area contributed by atoms with E-state index in [-0.39, 0.29) is 28.9 Å². The molecule has 0 radical (unpaired) electrons. The number of halogens is 1. The number of benzene rings is 1. The minimum absolute atomic E-state index is 0.0892. The van der Waals surface area contributed by atoms with Gasteiger partial charge < -0.3 is 15.5 Å². The molecule has 0 amide bonds. The first-order chi connectivity index (χ1) is 16.0. The van der Waals surface area contributed by atoms with Crippen molar-refractivity contribution in [2.45, 2.75) is 57.7 Å². The van der Waals surface area contributed by atoms with Gasteiger partial charge in [0.25, 0.3) is 0 Å². The molecule has 3 heterocycles. The number of rotatable bonds is 5. The van der Waals surface area contributed by atoms with E-state index < -0.39 is 5.82 Å². The fourth-order valence-electron chi connectivity index (χ4n) is 4.88. The molecule has 2 aromatic heterocycles. The topological polar surface area (TPSA) is 120 Å². The van der Waals surface area contributed by atoms with Crippen molar-refractivity contribution >= 4 is 17.5 Å². The molecule has 4 rings (SSSR count). The van der Waals surface area contributed by atoms with Gasteiger partial charge in [-0.05, 0) is 69.2 Å². The summed E-state index contributed by atoms with van der Waals surface area (Å²) in [5.74, 6) is 0.480. The number of piperidine rings is 1. The second-order valence-corrected chi connectivity index (χ2v) is 10.1. The van der Waals surface area contributed by atoms with Crippen molar-refractivity contribution in [2.75, 3.05) is 17.3 Å². The lowest BCUT2D eigenvalue weighted by molar-refractivity contribution is 0.160. The minimum atomic E-state index is -0.487. The highest BCUT2D eigenvalue weighted by Gasteiger charge is 2.40. The van der Waals surface area contributed by atoms with Gasteiger partial charge in [-0.3, -0.25) is 0 Å². The molecule has 3 aromatic rings. The standard InChI is InChI=1S/C23H29FN10/c1-22(2)10-17(11-23(3,4)30-22)33(5)20-18(24)13-26-21(28-20)27-16-8-14(12-25)7-15(9-16)19-29-31-32-34(19)6/h7-9,13,17,30H,10-11H2,1-6H3,(H,26,27,28). The third-order valence-corrected chi connectivity index (χ3v) is 5.97. The van der Waals surface area contributed by atoms with Crippen LogP contribution < -0.4 is 15.5 Å². The third-order valence-electron chi connectivity index (χ3n) is 5.97. The largest absolute Gasteiger partial charge is 0.354 e. The fraction of sp³-hybridized carbons (Fsp3) is 0.478. The van der Waals surface area contributed by atoms with Gasteiger partial charge >= 0.3 is 0 Å². The van der Waals surface area contributed by atoms with E-state index in [1.807, 2.05) is 11.9 Å². The van der Waals surface area contributed by atoms with Gasteiger partial charge in [0, 0.05) is 42.5 Å². The Morgan fingerprint density at radius 2 is 1.91 bits per heavy atom. The van der Waals surface area contributed by atoms with Crippen LogP contribution in [0.2, 0.25) is 0 Å². The molecule has 1 fully saturated rings. The summed E-state index contributed by atoms with van der Waals surface area (Å²) in [4.78, 5) is 10.5. The molecule has 178 valence electrons. The molecule has 0 saturated carbocycles. The van der Waals surface area contributed by atoms with Gasteiger partial charge in [0.15, 0.2) is 17.5 Å². The number of aromatic nitrogens is 6. The SMILES string of the molecule is CN(c1nc(Nc2cc(C#N)cc(-c3nnnn3C)c2)ncc1F)C1CC(C)(C)NC(C)(C)C1. The number of nitrogens with one attached hydrogen (secondary N) is 2. The van der Waals surface area contributed by atoms with Crippen LogP contribution in [0, 0.1) is 17.1 Å². The molecule has 0 atom stereocenters. The lowest BCUT2D eigenvalue weighted by atomic mass is 9.79. The molecule has 0 aliphatic carbocycles. The fourth-order valence-corrected chi connectivity index (χ4v) is 4.88. The Hall–Kier alpha value is -3.65. The summed E-state index contributed by atoms with van der Waals surface area (Å²) in [6, 6.07) is 7.39. The highest BCUT2D eigenvalue weighted by Crippen LogP contribution is 2.33. The molecule has 11 heteroatoms. The molecular formula is C23H29FN10. The van der Waals surface area contributed by atoms with Crippen LogP contribution in [-0.4, -0.2) is 54.3 Å². The normalized spacial score (nSPS) is 17.2. The Kier molecular flexibility index (Phi) is 5.95. The third kappa shape index (κ3) is 4.97. The summed E-state index contributed by atoms with van der Waals surface area (Å²) in [7, 11) is 3.59. The summed E-state index contributed by atoms with van der Waals surface area (Å²) in [5, 5.41) is 27.7. The Morgan fingerprint density at radius 3 is 2.53 bits per heavy atom. The molecule has 1 aliphatic rings. The van der Waals surface area contributed by atoms with Gasteiger partial charge in [-0.1, -0.05) is 0 Å². The smallest absolute Gasteiger partial charge is 0.229 e. The molecule has 1 aromatic carbocycles. The summed E-state index contributed by atoms with van der Waals surface area (Å²) < 4.78 is 16.4. The maximum atomic E-state index is 14.8. The van der Waals surface area contributed by atoms with E-state index in [1.165, 1.54) is 10.9 Å². The lowest BCUT2D eigenvalue weighted by Crippen LogP contribution is -2.62. The van der Waals surface area contributed by atoms with Gasteiger partial charge in [-0.2, -0.15) is 10.2 Å². The number of aryl methyl sites for hydroxylation is 1. The van der Waals surface area contributed by atoms with E-state index in [2.05, 4.69) is 69.9 Å². The maximum absolute atomic E-state index is 14.8. The quantitative estimate of drug-likeness (QED) is 0.586. The Bertz CT molecular complexity index is 1230. The van der Waals surface area contributed by atoms with E-state index in [1.54, 1.807) is 25.2 Å². The van der Waals surface area contributed by atoms with Gasteiger partial charge in [0.05, 0.1) is 17.8 Å². The van der Waals surface area contributed by atoms with E-state index in [0.717, 1.165) is 12.8 Å². The first-order valence-electron chi connectivity index (χ1n) is 11.1. The Morgan fingerprint density at radius 1 is 1.21 bits per heavy atom. The number of hydrogen-bond donors (Lipinski definition) is 2. The van der Waals surface area contributed by atoms with E-state index >= 15 is 0 Å². The van der Waals surface area contributed by atoms with Crippen LogP contribution in [0.3, 0.4) is 0 Å². The Balaban J connectivity index is 1.63.